The molecule has 0 bridgehead atoms. The molecule has 0 saturated carbocycles. The lowest BCUT2D eigenvalue weighted by Crippen LogP contribution is -2.55. The van der Waals surface area contributed by atoms with Crippen molar-refractivity contribution in [2.75, 3.05) is 5.75 Å². The zero-order valence-corrected chi connectivity index (χ0v) is 12.0. The van der Waals surface area contributed by atoms with Crippen LogP contribution in [0.2, 0.25) is 0 Å². The van der Waals surface area contributed by atoms with E-state index < -0.39 is 5.72 Å². The van der Waals surface area contributed by atoms with Crippen molar-refractivity contribution in [1.82, 2.24) is 4.72 Å². The maximum Gasteiger partial charge on any atom is 0.325 e. The van der Waals surface area contributed by atoms with Crippen molar-refractivity contribution in [3.8, 4) is 0 Å². The van der Waals surface area contributed by atoms with Crippen molar-refractivity contribution < 1.29 is 9.53 Å². The maximum absolute atomic E-state index is 12.0. The fourth-order valence-corrected chi connectivity index (χ4v) is 2.80. The van der Waals surface area contributed by atoms with E-state index in [4.69, 9.17) is 10.5 Å². The second-order valence-electron chi connectivity index (χ2n) is 5.05. The molecule has 1 rings (SSSR count). The second kappa shape index (κ2) is 6.07. The van der Waals surface area contributed by atoms with E-state index in [9.17, 15) is 4.79 Å². The Morgan fingerprint density at radius 3 is 2.65 bits per heavy atom. The first-order valence-electron chi connectivity index (χ1n) is 6.30. The van der Waals surface area contributed by atoms with E-state index in [1.54, 1.807) is 11.9 Å². The third-order valence-corrected chi connectivity index (χ3v) is 4.47. The van der Waals surface area contributed by atoms with E-state index in [-0.39, 0.29) is 23.8 Å². The van der Waals surface area contributed by atoms with Crippen LogP contribution in [-0.4, -0.2) is 23.5 Å². The average molecular weight is 260 g/mol. The number of nitrogens with one attached hydrogen (secondary N) is 1. The molecule has 4 nitrogen and oxygen atoms in total. The van der Waals surface area contributed by atoms with E-state index >= 15 is 0 Å². The highest BCUT2D eigenvalue weighted by molar-refractivity contribution is 7.97. The Labute approximate surface area is 108 Å². The van der Waals surface area contributed by atoms with Crippen LogP contribution in [0.15, 0.2) is 0 Å². The standard InChI is InChI=1S/C12H24N2O2S/c1-5-9(4)12(13,8(2)3)16-11(15)10-6-7-17-14-10/h8-10,14H,5-7,13H2,1-4H3/t9-,10+,12?/m0/s1. The topological polar surface area (TPSA) is 64.3 Å². The van der Waals surface area contributed by atoms with Crippen molar-refractivity contribution >= 4 is 17.9 Å². The summed E-state index contributed by atoms with van der Waals surface area (Å²) in [5, 5.41) is 0. The Bertz CT molecular complexity index is 267. The molecule has 1 saturated heterocycles. The number of esters is 1. The van der Waals surface area contributed by atoms with Gasteiger partial charge in [-0.3, -0.25) is 10.5 Å². The number of hydrogen-bond donors (Lipinski definition) is 2. The fraction of sp³-hybridized carbons (Fsp3) is 0.917. The Morgan fingerprint density at radius 1 is 1.59 bits per heavy atom. The van der Waals surface area contributed by atoms with Crippen LogP contribution < -0.4 is 10.5 Å². The molecule has 0 amide bonds. The van der Waals surface area contributed by atoms with Gasteiger partial charge in [-0.1, -0.05) is 39.6 Å². The van der Waals surface area contributed by atoms with E-state index in [0.29, 0.717) is 0 Å². The quantitative estimate of drug-likeness (QED) is 0.449. The summed E-state index contributed by atoms with van der Waals surface area (Å²) < 4.78 is 8.66. The number of nitrogens with two attached hydrogens (primary N) is 1. The smallest absolute Gasteiger partial charge is 0.325 e. The highest BCUT2D eigenvalue weighted by Gasteiger charge is 2.40. The molecule has 5 heteroatoms. The SMILES string of the molecule is CC[C@H](C)C(N)(OC(=O)[C@H]1CCSN1)C(C)C. The lowest BCUT2D eigenvalue weighted by atomic mass is 9.86. The molecule has 0 aromatic carbocycles. The molecule has 0 spiro atoms. The third kappa shape index (κ3) is 3.36. The zero-order chi connectivity index (χ0) is 13.1. The molecule has 3 N–H and O–H groups in total. The number of rotatable bonds is 5. The summed E-state index contributed by atoms with van der Waals surface area (Å²) in [4.78, 5) is 12.0. The molecule has 3 atom stereocenters. The molecule has 1 aliphatic heterocycles. The Balaban J connectivity index is 2.69. The molecule has 0 aliphatic carbocycles. The number of ether oxygens (including phenoxy) is 1. The van der Waals surface area contributed by atoms with Crippen LogP contribution >= 0.6 is 11.9 Å². The van der Waals surface area contributed by atoms with Crippen LogP contribution in [0.1, 0.15) is 40.5 Å². The van der Waals surface area contributed by atoms with Gasteiger partial charge in [0.1, 0.15) is 6.04 Å². The van der Waals surface area contributed by atoms with Crippen molar-refractivity contribution in [3.63, 3.8) is 0 Å². The van der Waals surface area contributed by atoms with Gasteiger partial charge in [-0.25, -0.2) is 4.72 Å². The van der Waals surface area contributed by atoms with E-state index in [0.717, 1.165) is 18.6 Å². The first-order valence-corrected chi connectivity index (χ1v) is 7.29. The number of hydrogen-bond acceptors (Lipinski definition) is 5. The van der Waals surface area contributed by atoms with Gasteiger partial charge in [0.05, 0.1) is 0 Å². The molecule has 1 unspecified atom stereocenters. The summed E-state index contributed by atoms with van der Waals surface area (Å²) in [5.41, 5.74) is 5.43. The molecule has 0 aromatic heterocycles. The summed E-state index contributed by atoms with van der Waals surface area (Å²) in [6, 6.07) is -0.203. The van der Waals surface area contributed by atoms with Crippen molar-refractivity contribution in [2.45, 2.75) is 52.3 Å². The number of carbonyl (C=O) groups is 1. The van der Waals surface area contributed by atoms with Gasteiger partial charge in [0.15, 0.2) is 5.72 Å². The summed E-state index contributed by atoms with van der Waals surface area (Å²) in [6.07, 6.45) is 1.72. The molecule has 0 aromatic rings. The van der Waals surface area contributed by atoms with Gasteiger partial charge in [-0.15, -0.1) is 0 Å². The molecule has 1 aliphatic rings. The van der Waals surface area contributed by atoms with E-state index in [1.807, 2.05) is 20.8 Å². The second-order valence-corrected chi connectivity index (χ2v) is 5.98. The van der Waals surface area contributed by atoms with Crippen LogP contribution in [-0.2, 0) is 9.53 Å². The lowest BCUT2D eigenvalue weighted by molar-refractivity contribution is -0.174. The van der Waals surface area contributed by atoms with Gasteiger partial charge in [0.2, 0.25) is 0 Å². The highest BCUT2D eigenvalue weighted by Crippen LogP contribution is 2.28. The van der Waals surface area contributed by atoms with E-state index in [1.165, 1.54) is 0 Å². The largest absolute Gasteiger partial charge is 0.442 e. The summed E-state index contributed by atoms with van der Waals surface area (Å²) in [6.45, 7) is 8.09. The molecule has 0 radical (unpaired) electrons. The Morgan fingerprint density at radius 2 is 2.24 bits per heavy atom. The molecular weight excluding hydrogens is 236 g/mol. The normalized spacial score (nSPS) is 25.6. The molecule has 1 heterocycles. The van der Waals surface area contributed by atoms with Crippen molar-refractivity contribution in [3.05, 3.63) is 0 Å². The minimum Gasteiger partial charge on any atom is -0.442 e. The third-order valence-electron chi connectivity index (χ3n) is 3.58. The highest BCUT2D eigenvalue weighted by atomic mass is 32.2. The zero-order valence-electron chi connectivity index (χ0n) is 11.2. The summed E-state index contributed by atoms with van der Waals surface area (Å²) in [5.74, 6) is 0.991. The van der Waals surface area contributed by atoms with Crippen molar-refractivity contribution in [1.29, 1.82) is 0 Å². The summed E-state index contributed by atoms with van der Waals surface area (Å²) in [7, 11) is 0. The molecular formula is C12H24N2O2S. The van der Waals surface area contributed by atoms with E-state index in [2.05, 4.69) is 11.6 Å². The van der Waals surface area contributed by atoms with Crippen LogP contribution in [0.4, 0.5) is 0 Å². The van der Waals surface area contributed by atoms with Gasteiger partial charge in [-0.05, 0) is 12.8 Å². The predicted molar refractivity (Wildman–Crippen MR) is 71.3 cm³/mol. The fourth-order valence-electron chi connectivity index (χ4n) is 1.91. The minimum atomic E-state index is -0.860. The first-order chi connectivity index (χ1) is 7.91. The van der Waals surface area contributed by atoms with Gasteiger partial charge in [-0.2, -0.15) is 0 Å². The first kappa shape index (κ1) is 14.8. The minimum absolute atomic E-state index is 0.107. The van der Waals surface area contributed by atoms with Crippen LogP contribution in [0.25, 0.3) is 0 Å². The maximum atomic E-state index is 12.0. The van der Waals surface area contributed by atoms with Gasteiger partial charge in [0, 0.05) is 17.6 Å². The molecule has 100 valence electrons. The Kier molecular flexibility index (Phi) is 5.28. The predicted octanol–water partition coefficient (Wildman–Crippen LogP) is 1.90. The number of carbonyl (C=O) groups excluding carboxylic acids is 1. The Hall–Kier alpha value is -0.260. The van der Waals surface area contributed by atoms with Gasteiger partial charge >= 0.3 is 5.97 Å². The molecule has 1 fully saturated rings. The average Bonchev–Trinajstić information content (AvgIpc) is 2.80. The summed E-state index contributed by atoms with van der Waals surface area (Å²) >= 11 is 1.57. The van der Waals surface area contributed by atoms with Crippen LogP contribution in [0.5, 0.6) is 0 Å². The van der Waals surface area contributed by atoms with Crippen molar-refractivity contribution in [2.24, 2.45) is 17.6 Å². The molecule has 17 heavy (non-hydrogen) atoms. The lowest BCUT2D eigenvalue weighted by Gasteiger charge is -2.38. The van der Waals surface area contributed by atoms with Crippen LogP contribution in [0.3, 0.4) is 0 Å². The van der Waals surface area contributed by atoms with Gasteiger partial charge < -0.3 is 4.74 Å². The van der Waals surface area contributed by atoms with Gasteiger partial charge in [0.25, 0.3) is 0 Å². The van der Waals surface area contributed by atoms with Crippen LogP contribution in [0, 0.1) is 11.8 Å². The monoisotopic (exact) mass is 260 g/mol.